The molecule has 0 unspecified atom stereocenters. The van der Waals surface area contributed by atoms with E-state index in [9.17, 15) is 18.0 Å². The van der Waals surface area contributed by atoms with E-state index in [1.165, 1.54) is 22.7 Å². The molecule has 1 saturated heterocycles. The zero-order chi connectivity index (χ0) is 18.7. The van der Waals surface area contributed by atoms with Crippen molar-refractivity contribution < 1.29 is 22.7 Å². The summed E-state index contributed by atoms with van der Waals surface area (Å²) < 4.78 is 43.3. The molecule has 2 aromatic rings. The van der Waals surface area contributed by atoms with E-state index in [-0.39, 0.29) is 23.1 Å². The molecule has 2 N–H and O–H groups in total. The Bertz CT molecular complexity index is 851. The van der Waals surface area contributed by atoms with Crippen molar-refractivity contribution in [1.82, 2.24) is 20.0 Å². The second-order valence-corrected chi connectivity index (χ2v) is 7.38. The highest BCUT2D eigenvalue weighted by molar-refractivity contribution is 5.83. The molecule has 0 radical (unpaired) electrons. The average Bonchev–Trinajstić information content (AvgIpc) is 2.88. The molecule has 2 aliphatic rings. The quantitative estimate of drug-likeness (QED) is 0.867. The number of nitrogens with one attached hydrogen (secondary N) is 2. The highest BCUT2D eigenvalue weighted by Crippen LogP contribution is 2.49. The predicted molar refractivity (Wildman–Crippen MR) is 86.4 cm³/mol. The number of ether oxygens (including phenoxy) is 1. The number of rotatable bonds is 4. The molecule has 0 bridgehead atoms. The first-order valence-corrected chi connectivity index (χ1v) is 8.42. The van der Waals surface area contributed by atoms with Crippen molar-refractivity contribution in [3.05, 3.63) is 30.4 Å². The minimum Gasteiger partial charge on any atom is -0.403 e. The Morgan fingerprint density at radius 2 is 2.04 bits per heavy atom. The monoisotopic (exact) mass is 368 g/mol. The number of nitrogens with zero attached hydrogens (tertiary/aromatic N) is 2. The lowest BCUT2D eigenvalue weighted by Crippen LogP contribution is -2.44. The van der Waals surface area contributed by atoms with Crippen LogP contribution in [0.5, 0.6) is 5.75 Å². The van der Waals surface area contributed by atoms with Crippen molar-refractivity contribution >= 4 is 11.4 Å². The number of hydrogen-bond acceptors (Lipinski definition) is 4. The van der Waals surface area contributed by atoms with Crippen molar-refractivity contribution in [1.29, 1.82) is 0 Å². The fraction of sp³-hybridized carbons (Fsp3) is 0.529. The lowest BCUT2D eigenvalue weighted by Gasteiger charge is -2.26. The summed E-state index contributed by atoms with van der Waals surface area (Å²) in [7, 11) is 0. The number of fused-ring (bicyclic) bond motifs is 2. The van der Waals surface area contributed by atoms with Crippen LogP contribution in [0.4, 0.5) is 13.2 Å². The fourth-order valence-corrected chi connectivity index (χ4v) is 3.92. The molecule has 140 valence electrons. The molecule has 4 rings (SSSR count). The van der Waals surface area contributed by atoms with Gasteiger partial charge in [-0.3, -0.25) is 9.20 Å². The molecule has 1 aliphatic heterocycles. The van der Waals surface area contributed by atoms with Crippen LogP contribution < -0.4 is 15.4 Å². The lowest BCUT2D eigenvalue weighted by molar-refractivity contribution is -0.274. The van der Waals surface area contributed by atoms with Gasteiger partial charge in [0.05, 0.1) is 11.7 Å². The third kappa shape index (κ3) is 2.90. The topological polar surface area (TPSA) is 67.7 Å². The van der Waals surface area contributed by atoms with Crippen molar-refractivity contribution in [3.63, 3.8) is 0 Å². The first-order chi connectivity index (χ1) is 12.2. The van der Waals surface area contributed by atoms with Gasteiger partial charge in [0.2, 0.25) is 5.91 Å². The number of aromatic nitrogens is 2. The maximum Gasteiger partial charge on any atom is 0.573 e. The number of imidazole rings is 1. The molecule has 2 fully saturated rings. The van der Waals surface area contributed by atoms with Crippen LogP contribution in [0.15, 0.2) is 24.5 Å². The SMILES string of the molecule is CC(C)(NC(=O)[C@H]1[C@@H]2CNC[C@@H]21)c1ncc2c(OC(F)(F)F)cccn12. The zero-order valence-electron chi connectivity index (χ0n) is 14.3. The van der Waals surface area contributed by atoms with Gasteiger partial charge in [0.25, 0.3) is 0 Å². The first-order valence-electron chi connectivity index (χ1n) is 8.42. The summed E-state index contributed by atoms with van der Waals surface area (Å²) in [6.45, 7) is 5.28. The highest BCUT2D eigenvalue weighted by atomic mass is 19.4. The largest absolute Gasteiger partial charge is 0.573 e. The Kier molecular flexibility index (Phi) is 3.69. The molecular formula is C17H19F3N4O2. The van der Waals surface area contributed by atoms with Gasteiger partial charge in [0.15, 0.2) is 5.75 Å². The fourth-order valence-electron chi connectivity index (χ4n) is 3.92. The molecule has 2 aromatic heterocycles. The molecule has 1 aliphatic carbocycles. The summed E-state index contributed by atoms with van der Waals surface area (Å²) in [5.74, 6) is 0.849. The van der Waals surface area contributed by atoms with E-state index in [2.05, 4.69) is 20.4 Å². The van der Waals surface area contributed by atoms with Crippen LogP contribution in [-0.2, 0) is 10.3 Å². The van der Waals surface area contributed by atoms with Crippen LogP contribution in [0.3, 0.4) is 0 Å². The van der Waals surface area contributed by atoms with Gasteiger partial charge in [0.1, 0.15) is 11.3 Å². The molecule has 1 amide bonds. The van der Waals surface area contributed by atoms with E-state index in [1.807, 2.05) is 0 Å². The van der Waals surface area contributed by atoms with Gasteiger partial charge in [-0.2, -0.15) is 0 Å². The molecule has 6 nitrogen and oxygen atoms in total. The second kappa shape index (κ2) is 5.60. The van der Waals surface area contributed by atoms with Gasteiger partial charge in [-0.15, -0.1) is 13.2 Å². The second-order valence-electron chi connectivity index (χ2n) is 7.38. The number of carbonyl (C=O) groups excluding carboxylic acids is 1. The normalized spacial score (nSPS) is 25.2. The maximum atomic E-state index is 12.6. The summed E-state index contributed by atoms with van der Waals surface area (Å²) in [6.07, 6.45) is -1.86. The third-order valence-corrected chi connectivity index (χ3v) is 5.15. The van der Waals surface area contributed by atoms with Crippen molar-refractivity contribution in [3.8, 4) is 5.75 Å². The van der Waals surface area contributed by atoms with Gasteiger partial charge in [-0.25, -0.2) is 4.98 Å². The standard InChI is InChI=1S/C17H19F3N4O2/c1-16(2,23-14(25)13-9-6-21-7-10(9)13)15-22-8-11-12(26-17(18,19)20)4-3-5-24(11)15/h3-5,8-10,13,21H,6-7H2,1-2H3,(H,23,25)/t9-,10+,13+. The van der Waals surface area contributed by atoms with E-state index in [1.54, 1.807) is 20.0 Å². The van der Waals surface area contributed by atoms with Crippen LogP contribution in [-0.4, -0.2) is 34.7 Å². The number of alkyl halides is 3. The van der Waals surface area contributed by atoms with E-state index < -0.39 is 11.9 Å². The summed E-state index contributed by atoms with van der Waals surface area (Å²) in [5.41, 5.74) is -0.653. The summed E-state index contributed by atoms with van der Waals surface area (Å²) in [5, 5.41) is 6.24. The number of carbonyl (C=O) groups is 1. The Labute approximate surface area is 147 Å². The number of halogens is 3. The molecule has 0 spiro atoms. The Morgan fingerprint density at radius 3 is 2.69 bits per heavy atom. The maximum absolute atomic E-state index is 12.6. The van der Waals surface area contributed by atoms with E-state index in [4.69, 9.17) is 0 Å². The van der Waals surface area contributed by atoms with Gasteiger partial charge < -0.3 is 15.4 Å². The minimum atomic E-state index is -4.78. The van der Waals surface area contributed by atoms with Gasteiger partial charge in [-0.05, 0) is 50.9 Å². The van der Waals surface area contributed by atoms with E-state index >= 15 is 0 Å². The number of hydrogen-bond donors (Lipinski definition) is 2. The number of pyridine rings is 1. The van der Waals surface area contributed by atoms with Gasteiger partial charge in [0, 0.05) is 12.1 Å². The van der Waals surface area contributed by atoms with Crippen molar-refractivity contribution in [2.24, 2.45) is 17.8 Å². The minimum absolute atomic E-state index is 0.00544. The highest BCUT2D eigenvalue weighted by Gasteiger charge is 2.57. The summed E-state index contributed by atoms with van der Waals surface area (Å²) in [4.78, 5) is 16.8. The summed E-state index contributed by atoms with van der Waals surface area (Å²) >= 11 is 0. The van der Waals surface area contributed by atoms with Crippen molar-refractivity contribution in [2.75, 3.05) is 13.1 Å². The smallest absolute Gasteiger partial charge is 0.403 e. The third-order valence-electron chi connectivity index (χ3n) is 5.15. The Morgan fingerprint density at radius 1 is 1.35 bits per heavy atom. The Hall–Kier alpha value is -2.29. The van der Waals surface area contributed by atoms with Crippen LogP contribution in [0.1, 0.15) is 19.7 Å². The van der Waals surface area contributed by atoms with Crippen LogP contribution >= 0.6 is 0 Å². The van der Waals surface area contributed by atoms with Crippen molar-refractivity contribution in [2.45, 2.75) is 25.7 Å². The molecular weight excluding hydrogens is 349 g/mol. The predicted octanol–water partition coefficient (Wildman–Crippen LogP) is 2.05. The summed E-state index contributed by atoms with van der Waals surface area (Å²) in [6, 6.07) is 2.69. The van der Waals surface area contributed by atoms with Crippen LogP contribution in [0.25, 0.3) is 5.52 Å². The molecule has 1 saturated carbocycles. The molecule has 9 heteroatoms. The molecule has 0 aromatic carbocycles. The van der Waals surface area contributed by atoms with Crippen LogP contribution in [0.2, 0.25) is 0 Å². The molecule has 3 atom stereocenters. The zero-order valence-corrected chi connectivity index (χ0v) is 14.3. The molecule has 26 heavy (non-hydrogen) atoms. The van der Waals surface area contributed by atoms with Gasteiger partial charge in [-0.1, -0.05) is 0 Å². The number of amides is 1. The van der Waals surface area contributed by atoms with E-state index in [0.717, 1.165) is 13.1 Å². The lowest BCUT2D eigenvalue weighted by atomic mass is 10.0. The number of piperidine rings is 1. The van der Waals surface area contributed by atoms with Crippen LogP contribution in [0, 0.1) is 17.8 Å². The van der Waals surface area contributed by atoms with Gasteiger partial charge >= 0.3 is 6.36 Å². The first kappa shape index (κ1) is 17.1. The van der Waals surface area contributed by atoms with E-state index in [0.29, 0.717) is 17.7 Å². The molecule has 3 heterocycles. The average molecular weight is 368 g/mol. The Balaban J connectivity index is 1.59.